The van der Waals surface area contributed by atoms with Crippen LogP contribution in [0, 0.1) is 6.92 Å². The van der Waals surface area contributed by atoms with Crippen molar-refractivity contribution in [3.05, 3.63) is 100 Å². The van der Waals surface area contributed by atoms with Gasteiger partial charge in [-0.15, -0.1) is 0 Å². The SMILES string of the molecule is CC.CO.Cc1ccccc1.OC[C@@H]1C[C@H](O)C[C@H](c2ccc(Cl)c(Cc3ccc(OF)cc3)c2)O1. The second kappa shape index (κ2) is 17.9. The first kappa shape index (κ1) is 31.5. The first-order valence-corrected chi connectivity index (χ1v) is 12.4. The van der Waals surface area contributed by atoms with E-state index in [1.807, 2.05) is 50.2 Å². The highest BCUT2D eigenvalue weighted by molar-refractivity contribution is 6.31. The molecule has 3 N–H and O–H groups in total. The summed E-state index contributed by atoms with van der Waals surface area (Å²) in [6.07, 6.45) is 0.373. The number of aryl methyl sites for hydroxylation is 1. The Hall–Kier alpha value is -2.48. The highest BCUT2D eigenvalue weighted by atomic mass is 35.5. The maximum absolute atomic E-state index is 12.1. The number of hydrogen-bond donors (Lipinski definition) is 3. The first-order valence-electron chi connectivity index (χ1n) is 12.0. The molecule has 0 aromatic heterocycles. The zero-order valence-electron chi connectivity index (χ0n) is 21.4. The molecule has 0 aliphatic carbocycles. The van der Waals surface area contributed by atoms with E-state index in [1.54, 1.807) is 24.3 Å². The minimum absolute atomic E-state index is 0.114. The third-order valence-electron chi connectivity index (χ3n) is 5.37. The van der Waals surface area contributed by atoms with Crippen molar-refractivity contribution >= 4 is 11.6 Å². The fourth-order valence-electron chi connectivity index (χ4n) is 3.67. The summed E-state index contributed by atoms with van der Waals surface area (Å²) in [6, 6.07) is 22.6. The van der Waals surface area contributed by atoms with Gasteiger partial charge in [0.25, 0.3) is 0 Å². The van der Waals surface area contributed by atoms with Crippen molar-refractivity contribution in [2.75, 3.05) is 13.7 Å². The Labute approximate surface area is 219 Å². The van der Waals surface area contributed by atoms with E-state index in [9.17, 15) is 14.7 Å². The molecule has 1 heterocycles. The fraction of sp³-hybridized carbons (Fsp3) is 0.379. The van der Waals surface area contributed by atoms with Gasteiger partial charge in [0.2, 0.25) is 0 Å². The monoisotopic (exact) mass is 520 g/mol. The van der Waals surface area contributed by atoms with Gasteiger partial charge >= 0.3 is 0 Å². The molecule has 3 atom stereocenters. The molecule has 1 fully saturated rings. The highest BCUT2D eigenvalue weighted by Gasteiger charge is 2.29. The van der Waals surface area contributed by atoms with Crippen LogP contribution in [-0.4, -0.2) is 41.2 Å². The lowest BCUT2D eigenvalue weighted by molar-refractivity contribution is -0.113. The third kappa shape index (κ3) is 10.6. The van der Waals surface area contributed by atoms with Crippen LogP contribution in [0.4, 0.5) is 4.53 Å². The van der Waals surface area contributed by atoms with Gasteiger partial charge in [0.15, 0.2) is 5.75 Å². The summed E-state index contributed by atoms with van der Waals surface area (Å²) >= 11 is 6.31. The van der Waals surface area contributed by atoms with Gasteiger partial charge in [-0.1, -0.05) is 85.6 Å². The van der Waals surface area contributed by atoms with E-state index in [1.165, 1.54) is 5.56 Å². The lowest BCUT2D eigenvalue weighted by Crippen LogP contribution is -2.33. The molecular formula is C29H38ClFO5. The van der Waals surface area contributed by atoms with Crippen molar-refractivity contribution in [2.24, 2.45) is 0 Å². The summed E-state index contributed by atoms with van der Waals surface area (Å²) in [7, 11) is 1.00. The van der Waals surface area contributed by atoms with Crippen LogP contribution >= 0.6 is 11.6 Å². The van der Waals surface area contributed by atoms with Gasteiger partial charge in [0, 0.05) is 29.5 Å². The van der Waals surface area contributed by atoms with Crippen LogP contribution in [0.25, 0.3) is 0 Å². The minimum Gasteiger partial charge on any atom is -0.400 e. The number of rotatable bonds is 5. The van der Waals surface area contributed by atoms with Gasteiger partial charge in [-0.05, 0) is 48.2 Å². The Balaban J connectivity index is 0.000000496. The van der Waals surface area contributed by atoms with E-state index in [-0.39, 0.29) is 24.6 Å². The number of benzene rings is 3. The molecule has 0 spiro atoms. The molecule has 1 aliphatic rings. The Morgan fingerprint density at radius 3 is 2.14 bits per heavy atom. The molecule has 5 nitrogen and oxygen atoms in total. The third-order valence-corrected chi connectivity index (χ3v) is 5.74. The Morgan fingerprint density at radius 2 is 1.61 bits per heavy atom. The zero-order chi connectivity index (χ0) is 26.9. The zero-order valence-corrected chi connectivity index (χ0v) is 22.2. The van der Waals surface area contributed by atoms with E-state index in [2.05, 4.69) is 24.0 Å². The highest BCUT2D eigenvalue weighted by Crippen LogP contribution is 2.33. The molecule has 0 bridgehead atoms. The van der Waals surface area contributed by atoms with E-state index in [0.717, 1.165) is 23.8 Å². The molecule has 3 aromatic rings. The number of aliphatic hydroxyl groups excluding tert-OH is 3. The van der Waals surface area contributed by atoms with Crippen molar-refractivity contribution in [2.45, 2.75) is 58.3 Å². The predicted molar refractivity (Wildman–Crippen MR) is 143 cm³/mol. The molecule has 0 saturated carbocycles. The summed E-state index contributed by atoms with van der Waals surface area (Å²) in [6.45, 7) is 5.97. The van der Waals surface area contributed by atoms with Crippen LogP contribution < -0.4 is 4.94 Å². The van der Waals surface area contributed by atoms with E-state index in [0.29, 0.717) is 24.3 Å². The first-order chi connectivity index (χ1) is 17.5. The maximum atomic E-state index is 12.1. The van der Waals surface area contributed by atoms with Gasteiger partial charge < -0.3 is 20.1 Å². The Morgan fingerprint density at radius 1 is 0.972 bits per heavy atom. The summed E-state index contributed by atoms with van der Waals surface area (Å²) in [5.74, 6) is 0.156. The molecule has 0 unspecified atom stereocenters. The predicted octanol–water partition coefficient (Wildman–Crippen LogP) is 6.40. The van der Waals surface area contributed by atoms with Gasteiger partial charge in [0.1, 0.15) is 0 Å². The quantitative estimate of drug-likeness (QED) is 0.363. The minimum atomic E-state index is -0.497. The topological polar surface area (TPSA) is 79.2 Å². The summed E-state index contributed by atoms with van der Waals surface area (Å²) in [5.41, 5.74) is 4.12. The van der Waals surface area contributed by atoms with Crippen molar-refractivity contribution in [1.29, 1.82) is 0 Å². The Kier molecular flexibility index (Phi) is 15.7. The van der Waals surface area contributed by atoms with Gasteiger partial charge in [-0.25, -0.2) is 0 Å². The average molecular weight is 521 g/mol. The van der Waals surface area contributed by atoms with Crippen LogP contribution in [-0.2, 0) is 11.2 Å². The summed E-state index contributed by atoms with van der Waals surface area (Å²) in [5, 5.41) is 26.9. The van der Waals surface area contributed by atoms with Crippen molar-refractivity contribution < 1.29 is 29.5 Å². The van der Waals surface area contributed by atoms with Crippen LogP contribution in [0.3, 0.4) is 0 Å². The second-order valence-electron chi connectivity index (χ2n) is 7.96. The number of ether oxygens (including phenoxy) is 1. The molecule has 1 saturated heterocycles. The molecule has 7 heteroatoms. The molecule has 3 aromatic carbocycles. The van der Waals surface area contributed by atoms with Crippen molar-refractivity contribution in [3.63, 3.8) is 0 Å². The van der Waals surface area contributed by atoms with Crippen molar-refractivity contribution in [1.82, 2.24) is 0 Å². The number of hydrogen-bond acceptors (Lipinski definition) is 5. The van der Waals surface area contributed by atoms with E-state index < -0.39 is 6.10 Å². The summed E-state index contributed by atoms with van der Waals surface area (Å²) < 4.78 is 18.0. The second-order valence-corrected chi connectivity index (χ2v) is 8.37. The Bertz CT molecular complexity index is 969. The lowest BCUT2D eigenvalue weighted by atomic mass is 9.94. The molecule has 198 valence electrons. The van der Waals surface area contributed by atoms with Crippen molar-refractivity contribution in [3.8, 4) is 5.75 Å². The van der Waals surface area contributed by atoms with Crippen LogP contribution in [0.15, 0.2) is 72.8 Å². The van der Waals surface area contributed by atoms with E-state index >= 15 is 0 Å². The fourth-order valence-corrected chi connectivity index (χ4v) is 3.85. The van der Waals surface area contributed by atoms with Gasteiger partial charge in [-0.2, -0.15) is 0 Å². The average Bonchev–Trinajstić information content (AvgIpc) is 2.93. The van der Waals surface area contributed by atoms with Crippen LogP contribution in [0.5, 0.6) is 5.75 Å². The largest absolute Gasteiger partial charge is 0.400 e. The van der Waals surface area contributed by atoms with E-state index in [4.69, 9.17) is 21.4 Å². The molecule has 4 rings (SSSR count). The molecular weight excluding hydrogens is 483 g/mol. The van der Waals surface area contributed by atoms with Crippen LogP contribution in [0.2, 0.25) is 5.02 Å². The maximum Gasteiger partial charge on any atom is 0.171 e. The number of halogens is 2. The summed E-state index contributed by atoms with van der Waals surface area (Å²) in [4.78, 5) is 3.69. The van der Waals surface area contributed by atoms with Gasteiger partial charge in [0.05, 0.1) is 24.9 Å². The smallest absolute Gasteiger partial charge is 0.171 e. The molecule has 36 heavy (non-hydrogen) atoms. The lowest BCUT2D eigenvalue weighted by Gasteiger charge is -2.32. The standard InChI is InChI=1S/C19H20ClFO4.C7H8.C2H6.CH4O/c20-18-6-3-13(19-10-15(23)9-17(11-22)24-19)8-14(18)7-12-1-4-16(25-21)5-2-12;1-7-5-3-2-4-6-7;2*1-2/h1-6,8,15,17,19,22-23H,7,9-11H2;2-6H,1H3;1-2H3;2H,1H3/t15-,17-,19+;;;/m0.../s1. The molecule has 0 radical (unpaired) electrons. The normalized spacial score (nSPS) is 18.3. The van der Waals surface area contributed by atoms with Crippen LogP contribution in [0.1, 0.15) is 55.0 Å². The molecule has 0 amide bonds. The number of aliphatic hydroxyl groups is 3. The van der Waals surface area contributed by atoms with Gasteiger partial charge in [-0.3, -0.25) is 4.94 Å². The molecule has 1 aliphatic heterocycles.